The Morgan fingerprint density at radius 1 is 1.41 bits per heavy atom. The molecule has 1 rings (SSSR count). The minimum Gasteiger partial charge on any atom is -0.497 e. The van der Waals surface area contributed by atoms with E-state index in [4.69, 9.17) is 15.3 Å². The molecule has 0 saturated carbocycles. The number of ether oxygens (including phenoxy) is 1. The summed E-state index contributed by atoms with van der Waals surface area (Å²) in [5.41, 5.74) is 0.869. The minimum atomic E-state index is -1.10. The molecule has 4 N–H and O–H groups in total. The molecule has 5 nitrogen and oxygen atoms in total. The van der Waals surface area contributed by atoms with Gasteiger partial charge in [0.25, 0.3) is 0 Å². The Hall–Kier alpha value is -2.14. The van der Waals surface area contributed by atoms with Crippen LogP contribution in [0.3, 0.4) is 0 Å². The summed E-state index contributed by atoms with van der Waals surface area (Å²) < 4.78 is 5.01. The molecule has 0 aliphatic carbocycles. The Kier molecular flexibility index (Phi) is 4.42. The van der Waals surface area contributed by atoms with E-state index < -0.39 is 5.97 Å². The van der Waals surface area contributed by atoms with Crippen LogP contribution in [0.4, 0.5) is 5.69 Å². The number of aliphatic carboxylic acids is 1. The number of rotatable bonds is 5. The fourth-order valence-electron chi connectivity index (χ4n) is 1.25. The van der Waals surface area contributed by atoms with Gasteiger partial charge in [-0.05, 0) is 19.1 Å². The lowest BCUT2D eigenvalue weighted by atomic mass is 10.2. The molecular formula is C12H15N2O3+. The molecule has 0 saturated heterocycles. The molecular weight excluding hydrogens is 220 g/mol. The Balaban J connectivity index is 2.80. The zero-order valence-electron chi connectivity index (χ0n) is 9.73. The highest BCUT2D eigenvalue weighted by molar-refractivity contribution is 6.16. The van der Waals surface area contributed by atoms with Gasteiger partial charge >= 0.3 is 5.97 Å². The first kappa shape index (κ1) is 12.9. The highest BCUT2D eigenvalue weighted by Crippen LogP contribution is 2.11. The van der Waals surface area contributed by atoms with Crippen molar-refractivity contribution in [2.45, 2.75) is 6.92 Å². The number of methoxy groups -OCH3 is 1. The van der Waals surface area contributed by atoms with Crippen LogP contribution in [0.5, 0.6) is 5.75 Å². The normalized spacial score (nSPS) is 11.1. The monoisotopic (exact) mass is 235 g/mol. The summed E-state index contributed by atoms with van der Waals surface area (Å²) in [4.78, 5) is 10.8. The van der Waals surface area contributed by atoms with Gasteiger partial charge in [0.1, 0.15) is 23.2 Å². The van der Waals surface area contributed by atoms with E-state index in [0.717, 1.165) is 11.4 Å². The molecule has 5 heteroatoms. The second-order valence-electron chi connectivity index (χ2n) is 3.45. The number of carboxylic acid groups (broad SMARTS) is 1. The Morgan fingerprint density at radius 3 is 2.41 bits per heavy atom. The number of carboxylic acids is 1. The number of benzene rings is 1. The van der Waals surface area contributed by atoms with Crippen LogP contribution in [0, 0.1) is 5.41 Å². The molecule has 0 bridgehead atoms. The fourth-order valence-corrected chi connectivity index (χ4v) is 1.25. The Bertz CT molecular complexity index is 433. The average Bonchev–Trinajstić information content (AvgIpc) is 2.29. The van der Waals surface area contributed by atoms with Crippen molar-refractivity contribution >= 4 is 17.4 Å². The van der Waals surface area contributed by atoms with Crippen LogP contribution in [-0.2, 0) is 4.79 Å². The first-order chi connectivity index (χ1) is 8.04. The smallest absolute Gasteiger partial charge is 0.342 e. The van der Waals surface area contributed by atoms with E-state index >= 15 is 0 Å². The van der Waals surface area contributed by atoms with E-state index in [1.54, 1.807) is 24.6 Å². The third kappa shape index (κ3) is 3.73. The number of hydrogen-bond acceptors (Lipinski definition) is 3. The van der Waals surface area contributed by atoms with Gasteiger partial charge in [-0.1, -0.05) is 0 Å². The lowest BCUT2D eigenvalue weighted by Crippen LogP contribution is -2.71. The van der Waals surface area contributed by atoms with Crippen LogP contribution < -0.4 is 10.1 Å². The molecule has 0 fully saturated rings. The quantitative estimate of drug-likeness (QED) is 0.402. The predicted molar refractivity (Wildman–Crippen MR) is 63.7 cm³/mol. The van der Waals surface area contributed by atoms with Crippen LogP contribution in [-0.4, -0.2) is 23.9 Å². The molecule has 0 atom stereocenters. The van der Waals surface area contributed by atoms with Crippen LogP contribution in [0.1, 0.15) is 6.92 Å². The fraction of sp³-hybridized carbons (Fsp3) is 0.167. The molecule has 0 radical (unpaired) electrons. The van der Waals surface area contributed by atoms with E-state index in [0.29, 0.717) is 0 Å². The highest BCUT2D eigenvalue weighted by Gasteiger charge is 2.11. The first-order valence-electron chi connectivity index (χ1n) is 5.02. The summed E-state index contributed by atoms with van der Waals surface area (Å²) in [7, 11) is 1.58. The Morgan fingerprint density at radius 2 is 2.00 bits per heavy atom. The third-order valence-corrected chi connectivity index (χ3v) is 2.19. The number of hydrogen-bond donors (Lipinski definition) is 3. The van der Waals surface area contributed by atoms with Gasteiger partial charge in [0.05, 0.1) is 7.11 Å². The average molecular weight is 235 g/mol. The summed E-state index contributed by atoms with van der Waals surface area (Å²) in [6.45, 7) is 1.45. The van der Waals surface area contributed by atoms with Crippen LogP contribution >= 0.6 is 0 Å². The van der Waals surface area contributed by atoms with Crippen molar-refractivity contribution in [3.8, 4) is 5.75 Å². The lowest BCUT2D eigenvalue weighted by Gasteiger charge is -2.00. The van der Waals surface area contributed by atoms with Gasteiger partial charge in [-0.15, -0.1) is 0 Å². The van der Waals surface area contributed by atoms with Crippen molar-refractivity contribution in [3.63, 3.8) is 0 Å². The molecule has 0 amide bonds. The first-order valence-corrected chi connectivity index (χ1v) is 5.02. The third-order valence-electron chi connectivity index (χ3n) is 2.19. The summed E-state index contributed by atoms with van der Waals surface area (Å²) in [6, 6.07) is 7.21. The molecule has 90 valence electrons. The van der Waals surface area contributed by atoms with Gasteiger partial charge in [-0.2, -0.15) is 0 Å². The van der Waals surface area contributed by atoms with E-state index in [-0.39, 0.29) is 11.3 Å². The topological polar surface area (TPSA) is 87.0 Å². The van der Waals surface area contributed by atoms with Crippen LogP contribution in [0.25, 0.3) is 0 Å². The number of carbonyl (C=O) groups is 1. The van der Waals surface area contributed by atoms with Crippen LogP contribution in [0.15, 0.2) is 36.0 Å². The second kappa shape index (κ2) is 5.81. The minimum absolute atomic E-state index is 0.0131. The molecule has 0 heterocycles. The van der Waals surface area contributed by atoms with Gasteiger partial charge in [0.2, 0.25) is 0 Å². The molecule has 0 aliphatic heterocycles. The van der Waals surface area contributed by atoms with E-state index in [1.165, 1.54) is 13.1 Å². The van der Waals surface area contributed by atoms with Gasteiger partial charge < -0.3 is 15.3 Å². The maximum Gasteiger partial charge on any atom is 0.342 e. The van der Waals surface area contributed by atoms with Crippen molar-refractivity contribution in [3.05, 3.63) is 36.0 Å². The molecule has 0 aromatic heterocycles. The lowest BCUT2D eigenvalue weighted by molar-refractivity contribution is -0.496. The van der Waals surface area contributed by atoms with E-state index in [9.17, 15) is 4.79 Å². The molecule has 1 aromatic carbocycles. The molecule has 17 heavy (non-hydrogen) atoms. The van der Waals surface area contributed by atoms with Crippen molar-refractivity contribution in [2.75, 3.05) is 7.11 Å². The Labute approximate surface area is 99.2 Å². The summed E-state index contributed by atoms with van der Waals surface area (Å²) in [5, 5.41) is 17.8. The molecule has 0 aliphatic rings. The van der Waals surface area contributed by atoms with Crippen molar-refractivity contribution < 1.29 is 20.0 Å². The predicted octanol–water partition coefficient (Wildman–Crippen LogP) is 0.898. The zero-order valence-corrected chi connectivity index (χ0v) is 9.73. The van der Waals surface area contributed by atoms with Crippen molar-refractivity contribution in [1.82, 2.24) is 0 Å². The molecule has 1 aromatic rings. The van der Waals surface area contributed by atoms with Gasteiger partial charge in [0.15, 0.2) is 0 Å². The SMILES string of the molecule is COc1ccc([NH2+]C=C(C(C)=N)C(=O)O)cc1. The number of nitrogens with one attached hydrogen (secondary N) is 1. The molecule has 0 spiro atoms. The summed E-state index contributed by atoms with van der Waals surface area (Å²) in [6.07, 6.45) is 1.42. The summed E-state index contributed by atoms with van der Waals surface area (Å²) >= 11 is 0. The molecule has 0 unspecified atom stereocenters. The van der Waals surface area contributed by atoms with Crippen molar-refractivity contribution in [2.24, 2.45) is 0 Å². The highest BCUT2D eigenvalue weighted by atomic mass is 16.5. The van der Waals surface area contributed by atoms with Gasteiger partial charge in [-0.3, -0.25) is 5.32 Å². The maximum atomic E-state index is 10.8. The van der Waals surface area contributed by atoms with Crippen molar-refractivity contribution in [1.29, 1.82) is 5.41 Å². The van der Waals surface area contributed by atoms with Gasteiger partial charge in [0, 0.05) is 17.8 Å². The van der Waals surface area contributed by atoms with Crippen LogP contribution in [0.2, 0.25) is 0 Å². The second-order valence-corrected chi connectivity index (χ2v) is 3.45. The maximum absolute atomic E-state index is 10.8. The summed E-state index contributed by atoms with van der Waals surface area (Å²) in [5.74, 6) is -0.352. The van der Waals surface area contributed by atoms with E-state index in [1.807, 2.05) is 12.1 Å². The largest absolute Gasteiger partial charge is 0.497 e. The number of quaternary nitrogens is 1. The zero-order chi connectivity index (χ0) is 12.8. The van der Waals surface area contributed by atoms with E-state index in [2.05, 4.69) is 0 Å². The standard InChI is InChI=1S/C12H14N2O3/c1-8(13)11(12(15)16)7-14-9-3-5-10(17-2)6-4-9/h3-7,13-14H,1-2H3,(H,15,16)/p+1. The number of nitrogens with two attached hydrogens (primary N) is 1. The van der Waals surface area contributed by atoms with Gasteiger partial charge in [-0.25, -0.2) is 4.79 Å².